The van der Waals surface area contributed by atoms with Gasteiger partial charge in [0.25, 0.3) is 5.91 Å². The van der Waals surface area contributed by atoms with Crippen LogP contribution < -0.4 is 5.32 Å². The van der Waals surface area contributed by atoms with Gasteiger partial charge in [0.2, 0.25) is 5.76 Å². The molecule has 98 valence electrons. The lowest BCUT2D eigenvalue weighted by Gasteiger charge is -1.98. The fraction of sp³-hybridized carbons (Fsp3) is 0. The lowest BCUT2D eigenvalue weighted by molar-refractivity contribution is 0.101. The van der Waals surface area contributed by atoms with Gasteiger partial charge in [-0.05, 0) is 23.6 Å². The minimum atomic E-state index is -0.439. The molecule has 6 nitrogen and oxygen atoms in total. The van der Waals surface area contributed by atoms with Crippen LogP contribution in [0.25, 0.3) is 11.5 Å². The van der Waals surface area contributed by atoms with Crippen LogP contribution in [0.3, 0.4) is 0 Å². The second-order valence-corrected chi connectivity index (χ2v) is 4.70. The van der Waals surface area contributed by atoms with E-state index < -0.39 is 5.91 Å². The second-order valence-electron chi connectivity index (χ2n) is 3.78. The zero-order valence-corrected chi connectivity index (χ0v) is 10.8. The van der Waals surface area contributed by atoms with Gasteiger partial charge in [-0.15, -0.1) is 11.3 Å². The number of furan rings is 1. The summed E-state index contributed by atoms with van der Waals surface area (Å²) in [4.78, 5) is 12.0. The summed E-state index contributed by atoms with van der Waals surface area (Å²) in [6.07, 6.45) is 1.50. The lowest BCUT2D eigenvalue weighted by Crippen LogP contribution is -2.11. The number of hydrogen-bond donors (Lipinski definition) is 1. The summed E-state index contributed by atoms with van der Waals surface area (Å²) < 4.78 is 10.2. The Labute approximate surface area is 117 Å². The third-order valence-electron chi connectivity index (χ3n) is 2.52. The van der Waals surface area contributed by atoms with Crippen molar-refractivity contribution in [3.8, 4) is 17.6 Å². The molecule has 0 aliphatic heterocycles. The molecule has 3 aromatic heterocycles. The van der Waals surface area contributed by atoms with E-state index in [2.05, 4.69) is 10.5 Å². The first-order valence-corrected chi connectivity index (χ1v) is 6.45. The summed E-state index contributed by atoms with van der Waals surface area (Å²) in [7, 11) is 0. The van der Waals surface area contributed by atoms with Crippen LogP contribution in [-0.4, -0.2) is 11.1 Å². The predicted octanol–water partition coefficient (Wildman–Crippen LogP) is 3.12. The molecule has 0 aliphatic rings. The van der Waals surface area contributed by atoms with E-state index in [4.69, 9.17) is 14.2 Å². The summed E-state index contributed by atoms with van der Waals surface area (Å²) in [6, 6.07) is 8.53. The first-order chi connectivity index (χ1) is 9.78. The van der Waals surface area contributed by atoms with Crippen molar-refractivity contribution in [2.45, 2.75) is 0 Å². The third kappa shape index (κ3) is 2.20. The summed E-state index contributed by atoms with van der Waals surface area (Å²) in [5, 5.41) is 17.4. The molecule has 0 saturated carbocycles. The maximum atomic E-state index is 12.0. The van der Waals surface area contributed by atoms with Crippen LogP contribution in [0.5, 0.6) is 0 Å². The monoisotopic (exact) mass is 285 g/mol. The highest BCUT2D eigenvalue weighted by Crippen LogP contribution is 2.24. The first kappa shape index (κ1) is 12.2. The van der Waals surface area contributed by atoms with Crippen LogP contribution in [0.1, 0.15) is 16.1 Å². The van der Waals surface area contributed by atoms with Gasteiger partial charge in [-0.3, -0.25) is 4.79 Å². The quantitative estimate of drug-likeness (QED) is 0.798. The van der Waals surface area contributed by atoms with Gasteiger partial charge >= 0.3 is 0 Å². The molecule has 20 heavy (non-hydrogen) atoms. The average molecular weight is 285 g/mol. The van der Waals surface area contributed by atoms with Gasteiger partial charge in [0, 0.05) is 6.07 Å². The largest absolute Gasteiger partial charge is 0.461 e. The van der Waals surface area contributed by atoms with Crippen LogP contribution in [0.4, 0.5) is 5.00 Å². The molecule has 0 bridgehead atoms. The highest BCUT2D eigenvalue weighted by Gasteiger charge is 2.16. The van der Waals surface area contributed by atoms with E-state index in [9.17, 15) is 4.79 Å². The number of thiophene rings is 1. The summed E-state index contributed by atoms with van der Waals surface area (Å²) in [5.41, 5.74) is 0.534. The van der Waals surface area contributed by atoms with Crippen LogP contribution >= 0.6 is 11.3 Å². The van der Waals surface area contributed by atoms with E-state index in [1.54, 1.807) is 23.6 Å². The maximum absolute atomic E-state index is 12.0. The number of carbonyl (C=O) groups is 1. The highest BCUT2D eigenvalue weighted by atomic mass is 32.1. The van der Waals surface area contributed by atoms with E-state index in [-0.39, 0.29) is 5.69 Å². The van der Waals surface area contributed by atoms with Gasteiger partial charge in [-0.2, -0.15) is 5.26 Å². The minimum Gasteiger partial charge on any atom is -0.461 e. The molecule has 0 saturated heterocycles. The zero-order valence-electron chi connectivity index (χ0n) is 9.99. The number of aromatic nitrogens is 1. The Hall–Kier alpha value is -2.85. The number of anilines is 1. The molecule has 0 aromatic carbocycles. The van der Waals surface area contributed by atoms with E-state index >= 15 is 0 Å². The van der Waals surface area contributed by atoms with E-state index in [1.165, 1.54) is 23.7 Å². The number of nitrogens with one attached hydrogen (secondary N) is 1. The Balaban J connectivity index is 1.80. The number of carbonyl (C=O) groups excluding carboxylic acids is 1. The molecule has 0 atom stereocenters. The van der Waals surface area contributed by atoms with Crippen LogP contribution in [0, 0.1) is 11.3 Å². The Morgan fingerprint density at radius 3 is 3.05 bits per heavy atom. The molecule has 0 spiro atoms. The molecule has 0 fully saturated rings. The fourth-order valence-corrected chi connectivity index (χ4v) is 2.31. The smallest absolute Gasteiger partial charge is 0.278 e. The average Bonchev–Trinajstić information content (AvgIpc) is 3.19. The van der Waals surface area contributed by atoms with Gasteiger partial charge in [0.1, 0.15) is 11.1 Å². The van der Waals surface area contributed by atoms with Crippen molar-refractivity contribution >= 4 is 22.2 Å². The standard InChI is InChI=1S/C13H7N3O3S/c14-7-8-3-5-20-13(8)15-12(17)9-6-11(19-16-9)10-2-1-4-18-10/h1-6H,(H,15,17). The van der Waals surface area contributed by atoms with Gasteiger partial charge in [-0.25, -0.2) is 0 Å². The van der Waals surface area contributed by atoms with Gasteiger partial charge in [-0.1, -0.05) is 5.16 Å². The highest BCUT2D eigenvalue weighted by molar-refractivity contribution is 7.14. The lowest BCUT2D eigenvalue weighted by atomic mass is 10.3. The second kappa shape index (κ2) is 5.03. The zero-order chi connectivity index (χ0) is 13.9. The molecule has 1 N–H and O–H groups in total. The van der Waals surface area contributed by atoms with Crippen molar-refractivity contribution in [3.63, 3.8) is 0 Å². The van der Waals surface area contributed by atoms with Gasteiger partial charge in [0.15, 0.2) is 11.5 Å². The predicted molar refractivity (Wildman–Crippen MR) is 71.2 cm³/mol. The third-order valence-corrected chi connectivity index (χ3v) is 3.35. The molecule has 0 unspecified atom stereocenters. The van der Waals surface area contributed by atoms with Gasteiger partial charge in [0.05, 0.1) is 11.8 Å². The Morgan fingerprint density at radius 2 is 2.30 bits per heavy atom. The van der Waals surface area contributed by atoms with Crippen molar-refractivity contribution in [3.05, 3.63) is 47.2 Å². The maximum Gasteiger partial charge on any atom is 0.278 e. The van der Waals surface area contributed by atoms with Crippen molar-refractivity contribution in [1.82, 2.24) is 5.16 Å². The number of nitrogens with zero attached hydrogens (tertiary/aromatic N) is 2. The molecule has 3 rings (SSSR count). The summed E-state index contributed by atoms with van der Waals surface area (Å²) in [6.45, 7) is 0. The number of rotatable bonds is 3. The molecule has 3 aromatic rings. The Kier molecular flexibility index (Phi) is 3.07. The molecule has 1 amide bonds. The van der Waals surface area contributed by atoms with Crippen molar-refractivity contribution in [2.75, 3.05) is 5.32 Å². The van der Waals surface area contributed by atoms with Crippen molar-refractivity contribution < 1.29 is 13.7 Å². The SMILES string of the molecule is N#Cc1ccsc1NC(=O)c1cc(-c2ccco2)on1. The van der Waals surface area contributed by atoms with Crippen LogP contribution in [0.2, 0.25) is 0 Å². The minimum absolute atomic E-state index is 0.119. The summed E-state index contributed by atoms with van der Waals surface area (Å²) >= 11 is 1.27. The number of nitriles is 1. The van der Waals surface area contributed by atoms with E-state index in [1.807, 2.05) is 6.07 Å². The van der Waals surface area contributed by atoms with Crippen LogP contribution in [-0.2, 0) is 0 Å². The normalized spacial score (nSPS) is 10.2. The van der Waals surface area contributed by atoms with E-state index in [0.717, 1.165) is 0 Å². The number of amides is 1. The molecular weight excluding hydrogens is 278 g/mol. The van der Waals surface area contributed by atoms with Crippen molar-refractivity contribution in [2.24, 2.45) is 0 Å². The van der Waals surface area contributed by atoms with Crippen LogP contribution in [0.15, 0.2) is 44.8 Å². The number of hydrogen-bond acceptors (Lipinski definition) is 6. The molecule has 0 radical (unpaired) electrons. The van der Waals surface area contributed by atoms with Crippen molar-refractivity contribution in [1.29, 1.82) is 5.26 Å². The molecule has 0 aliphatic carbocycles. The molecule has 7 heteroatoms. The fourth-order valence-electron chi connectivity index (χ4n) is 1.58. The molecule has 3 heterocycles. The van der Waals surface area contributed by atoms with E-state index in [0.29, 0.717) is 22.1 Å². The first-order valence-electron chi connectivity index (χ1n) is 5.57. The van der Waals surface area contributed by atoms with Gasteiger partial charge < -0.3 is 14.3 Å². The molecular formula is C13H7N3O3S. The Morgan fingerprint density at radius 1 is 1.40 bits per heavy atom. The summed E-state index contributed by atoms with van der Waals surface area (Å²) in [5.74, 6) is 0.419. The topological polar surface area (TPSA) is 92.1 Å². The Bertz CT molecular complexity index is 780.